The third-order valence-corrected chi connectivity index (χ3v) is 0.987. The molecule has 0 aromatic rings. The Morgan fingerprint density at radius 2 is 1.92 bits per heavy atom. The van der Waals surface area contributed by atoms with Gasteiger partial charge in [-0.15, -0.1) is 0 Å². The van der Waals surface area contributed by atoms with Crippen molar-refractivity contribution in [1.29, 1.82) is 0 Å². The summed E-state index contributed by atoms with van der Waals surface area (Å²) in [7, 11) is 0. The smallest absolute Gasteiger partial charge is 0.123 e. The summed E-state index contributed by atoms with van der Waals surface area (Å²) in [5.74, 6) is 2.64. The van der Waals surface area contributed by atoms with Gasteiger partial charge in [-0.25, -0.2) is 0 Å². The summed E-state index contributed by atoms with van der Waals surface area (Å²) < 4.78 is 9.69. The second-order valence-electron chi connectivity index (χ2n) is 2.06. The molecule has 0 aromatic heterocycles. The number of ether oxygens (including phenoxy) is 2. The first-order valence-corrected chi connectivity index (χ1v) is 3.77. The lowest BCUT2D eigenvalue weighted by atomic mass is 10.4. The molecule has 0 saturated heterocycles. The van der Waals surface area contributed by atoms with Gasteiger partial charge in [0.15, 0.2) is 0 Å². The second kappa shape index (κ2) is 8.34. The maximum atomic E-state index is 8.39. The molecular weight excluding hydrogens is 160 g/mol. The molecule has 0 amide bonds. The Bertz CT molecular complexity index is 147. The van der Waals surface area contributed by atoms with E-state index in [4.69, 9.17) is 14.9 Å². The van der Waals surface area contributed by atoms with E-state index in [9.17, 15) is 0 Å². The van der Waals surface area contributed by atoms with Crippen LogP contribution in [-0.4, -0.2) is 42.7 Å². The quantitative estimate of drug-likeness (QED) is 0.429. The first kappa shape index (κ1) is 11.2. The van der Waals surface area contributed by atoms with Gasteiger partial charge in [-0.3, -0.25) is 0 Å². The summed E-state index contributed by atoms with van der Waals surface area (Å²) in [4.78, 5) is 0. The van der Waals surface area contributed by atoms with E-state index in [2.05, 4.69) is 16.8 Å². The highest BCUT2D eigenvalue weighted by atomic mass is 16.5. The van der Waals surface area contributed by atoms with Crippen LogP contribution in [-0.2, 0) is 9.47 Å². The van der Waals surface area contributed by atoms with Crippen LogP contribution < -0.4 is 0 Å². The van der Waals surface area contributed by atoms with E-state index in [1.54, 1.807) is 6.92 Å². The summed E-state index contributed by atoms with van der Waals surface area (Å²) in [5, 5.41) is 16.7. The zero-order valence-electron chi connectivity index (χ0n) is 7.12. The van der Waals surface area contributed by atoms with Crippen molar-refractivity contribution in [3.63, 3.8) is 0 Å². The molecule has 0 spiro atoms. The van der Waals surface area contributed by atoms with E-state index >= 15 is 0 Å². The van der Waals surface area contributed by atoms with Gasteiger partial charge in [0, 0.05) is 0 Å². The van der Waals surface area contributed by atoms with Gasteiger partial charge in [0.2, 0.25) is 0 Å². The molecule has 0 heterocycles. The molecule has 0 aromatic carbocycles. The van der Waals surface area contributed by atoms with E-state index in [1.165, 1.54) is 0 Å². The zero-order valence-corrected chi connectivity index (χ0v) is 7.12. The van der Waals surface area contributed by atoms with E-state index < -0.39 is 0 Å². The number of rotatable bonds is 5. The average molecular weight is 174 g/mol. The molecule has 0 bridgehead atoms. The molecule has 2 N–H and O–H groups in total. The number of aliphatic hydroxyl groups excluding tert-OH is 2. The molecule has 0 aliphatic rings. The molecule has 1 atom stereocenters. The van der Waals surface area contributed by atoms with Gasteiger partial charge in [0.25, 0.3) is 0 Å². The van der Waals surface area contributed by atoms with E-state index in [1.807, 2.05) is 0 Å². The Morgan fingerprint density at radius 1 is 1.25 bits per heavy atom. The Hall–Kier alpha value is -0.760. The van der Waals surface area contributed by atoms with E-state index in [0.717, 1.165) is 0 Å². The van der Waals surface area contributed by atoms with Gasteiger partial charge >= 0.3 is 0 Å². The van der Waals surface area contributed by atoms with Crippen LogP contribution in [0.4, 0.5) is 0 Å². The Labute approximate surface area is 72.1 Å². The van der Waals surface area contributed by atoms with Gasteiger partial charge in [0.1, 0.15) is 18.8 Å². The number of hydrogen-bond acceptors (Lipinski definition) is 4. The summed E-state index contributed by atoms with van der Waals surface area (Å²) >= 11 is 0. The summed E-state index contributed by atoms with van der Waals surface area (Å²) in [5.41, 5.74) is 0. The lowest BCUT2D eigenvalue weighted by Gasteiger charge is -2.02. The van der Waals surface area contributed by atoms with Crippen molar-refractivity contribution in [1.82, 2.24) is 0 Å². The van der Waals surface area contributed by atoms with Crippen LogP contribution in [0.5, 0.6) is 0 Å². The molecule has 12 heavy (non-hydrogen) atoms. The minimum atomic E-state index is -0.254. The van der Waals surface area contributed by atoms with Gasteiger partial charge in [-0.1, -0.05) is 0 Å². The minimum absolute atomic E-state index is 0.0104. The van der Waals surface area contributed by atoms with Gasteiger partial charge in [0.05, 0.1) is 19.8 Å². The molecule has 0 aliphatic heterocycles. The van der Waals surface area contributed by atoms with E-state index in [0.29, 0.717) is 0 Å². The van der Waals surface area contributed by atoms with Crippen molar-refractivity contribution < 1.29 is 19.7 Å². The summed E-state index contributed by atoms with van der Waals surface area (Å²) in [6.07, 6.45) is 2.12. The predicted octanol–water partition coefficient (Wildman–Crippen LogP) is -0.646. The average Bonchev–Trinajstić information content (AvgIpc) is 2.09. The Kier molecular flexibility index (Phi) is 7.81. The SMILES string of the molecule is CC(C#COCCO)OCCO. The van der Waals surface area contributed by atoms with Crippen LogP contribution in [0.25, 0.3) is 0 Å². The fourth-order valence-electron chi connectivity index (χ4n) is 0.492. The van der Waals surface area contributed by atoms with Crippen LogP contribution in [0.3, 0.4) is 0 Å². The zero-order chi connectivity index (χ0) is 9.23. The molecule has 0 rings (SSSR count). The highest BCUT2D eigenvalue weighted by molar-refractivity contribution is 4.97. The fourth-order valence-corrected chi connectivity index (χ4v) is 0.492. The second-order valence-corrected chi connectivity index (χ2v) is 2.06. The lowest BCUT2D eigenvalue weighted by molar-refractivity contribution is 0.0680. The molecule has 1 unspecified atom stereocenters. The monoisotopic (exact) mass is 174 g/mol. The van der Waals surface area contributed by atoms with Crippen molar-refractivity contribution in [2.24, 2.45) is 0 Å². The maximum absolute atomic E-state index is 8.39. The highest BCUT2D eigenvalue weighted by Crippen LogP contribution is 1.86. The predicted molar refractivity (Wildman–Crippen MR) is 43.3 cm³/mol. The molecule has 70 valence electrons. The van der Waals surface area contributed by atoms with Gasteiger partial charge in [-0.05, 0) is 12.8 Å². The minimum Gasteiger partial charge on any atom is -0.444 e. The molecule has 0 fully saturated rings. The van der Waals surface area contributed by atoms with Crippen LogP contribution >= 0.6 is 0 Å². The Balaban J connectivity index is 3.36. The third-order valence-electron chi connectivity index (χ3n) is 0.987. The van der Waals surface area contributed by atoms with Crippen LogP contribution in [0.2, 0.25) is 0 Å². The van der Waals surface area contributed by atoms with E-state index in [-0.39, 0.29) is 32.5 Å². The largest absolute Gasteiger partial charge is 0.444 e. The molecule has 0 radical (unpaired) electrons. The maximum Gasteiger partial charge on any atom is 0.123 e. The van der Waals surface area contributed by atoms with Crippen molar-refractivity contribution in [2.45, 2.75) is 13.0 Å². The van der Waals surface area contributed by atoms with Crippen LogP contribution in [0.15, 0.2) is 0 Å². The standard InChI is InChI=1S/C8H14O4/c1-8(12-7-4-10)2-5-11-6-3-9/h8-10H,3-4,6-7H2,1H3. The third kappa shape index (κ3) is 7.35. The van der Waals surface area contributed by atoms with Crippen LogP contribution in [0.1, 0.15) is 6.92 Å². The van der Waals surface area contributed by atoms with Crippen molar-refractivity contribution in [3.8, 4) is 12.0 Å². The van der Waals surface area contributed by atoms with Gasteiger partial charge < -0.3 is 19.7 Å². The number of aliphatic hydroxyl groups is 2. The van der Waals surface area contributed by atoms with Gasteiger partial charge in [-0.2, -0.15) is 0 Å². The molecular formula is C8H14O4. The topological polar surface area (TPSA) is 58.9 Å². The number of hydrogen-bond donors (Lipinski definition) is 2. The fraction of sp³-hybridized carbons (Fsp3) is 0.750. The van der Waals surface area contributed by atoms with Crippen molar-refractivity contribution in [3.05, 3.63) is 0 Å². The Morgan fingerprint density at radius 3 is 2.50 bits per heavy atom. The molecule has 4 nitrogen and oxygen atoms in total. The first-order valence-electron chi connectivity index (χ1n) is 3.77. The highest BCUT2D eigenvalue weighted by Gasteiger charge is 1.93. The van der Waals surface area contributed by atoms with Crippen molar-refractivity contribution in [2.75, 3.05) is 26.4 Å². The first-order chi connectivity index (χ1) is 5.81. The molecule has 0 saturated carbocycles. The molecule has 4 heteroatoms. The lowest BCUT2D eigenvalue weighted by Crippen LogP contribution is -2.09. The normalized spacial score (nSPS) is 11.6. The summed E-state index contributed by atoms with van der Waals surface area (Å²) in [6.45, 7) is 2.19. The molecule has 0 aliphatic carbocycles. The van der Waals surface area contributed by atoms with Crippen molar-refractivity contribution >= 4 is 0 Å². The summed E-state index contributed by atoms with van der Waals surface area (Å²) in [6, 6.07) is 0. The van der Waals surface area contributed by atoms with Crippen LogP contribution in [0, 0.1) is 12.0 Å².